The smallest absolute Gasteiger partial charge is 0.391 e. The molecule has 0 N–H and O–H groups in total. The van der Waals surface area contributed by atoms with E-state index in [1.54, 1.807) is 12.1 Å². The van der Waals surface area contributed by atoms with Crippen LogP contribution in [0.1, 0.15) is 10.4 Å². The highest BCUT2D eigenvalue weighted by Crippen LogP contribution is 2.54. The number of carbonyl (C=O) groups is 1. The van der Waals surface area contributed by atoms with Crippen molar-refractivity contribution in [2.75, 3.05) is 0 Å². The van der Waals surface area contributed by atoms with Gasteiger partial charge in [0.2, 0.25) is 0 Å². The minimum absolute atomic E-state index is 0.117. The second-order valence-electron chi connectivity index (χ2n) is 2.93. The topological polar surface area (TPSA) is 61.8 Å². The van der Waals surface area contributed by atoms with E-state index in [0.717, 1.165) is 6.26 Å². The zero-order valence-corrected chi connectivity index (χ0v) is 10.5. The van der Waals surface area contributed by atoms with E-state index in [4.69, 9.17) is 27.7 Å². The lowest BCUT2D eigenvalue weighted by Gasteiger charge is -2.22. The molecule has 1 atom stereocenters. The predicted octanol–water partition coefficient (Wildman–Crippen LogP) is 3.64. The molecule has 0 aromatic heterocycles. The predicted molar refractivity (Wildman–Crippen MR) is 61.0 cm³/mol. The first-order valence-corrected chi connectivity index (χ1v) is 6.54. The molecule has 1 aliphatic heterocycles. The van der Waals surface area contributed by atoms with Crippen molar-refractivity contribution in [1.82, 2.24) is 0 Å². The summed E-state index contributed by atoms with van der Waals surface area (Å²) < 4.78 is 25.7. The first-order chi connectivity index (χ1) is 8.00. The fourth-order valence-electron chi connectivity index (χ4n) is 1.15. The van der Waals surface area contributed by atoms with Crippen LogP contribution in [0.4, 0.5) is 0 Å². The molecule has 0 saturated heterocycles. The van der Waals surface area contributed by atoms with E-state index in [9.17, 15) is 9.36 Å². The van der Waals surface area contributed by atoms with Gasteiger partial charge in [-0.3, -0.25) is 0 Å². The van der Waals surface area contributed by atoms with Crippen LogP contribution in [0, 0.1) is 0 Å². The number of carbonyl (C=O) groups excluding carboxylic acids is 1. The Balaban J connectivity index is 2.30. The van der Waals surface area contributed by atoms with Crippen LogP contribution >= 0.6 is 31.0 Å². The minimum atomic E-state index is -4.05. The molecule has 1 heterocycles. The van der Waals surface area contributed by atoms with E-state index >= 15 is 0 Å². The summed E-state index contributed by atoms with van der Waals surface area (Å²) in [6.07, 6.45) is 0.769. The fraction of sp³-hybridized carbons (Fsp3) is 0. The molecule has 1 aliphatic rings. The number of hydrogen-bond donors (Lipinski definition) is 0. The van der Waals surface area contributed by atoms with Crippen LogP contribution in [-0.4, -0.2) is 5.97 Å². The maximum Gasteiger partial charge on any atom is 0.649 e. The maximum atomic E-state index is 11.9. The van der Waals surface area contributed by atoms with Gasteiger partial charge in [-0.25, -0.2) is 4.79 Å². The lowest BCUT2D eigenvalue weighted by atomic mass is 10.2. The van der Waals surface area contributed by atoms with Crippen LogP contribution in [0.15, 0.2) is 35.0 Å². The van der Waals surface area contributed by atoms with Crippen molar-refractivity contribution in [2.24, 2.45) is 0 Å². The van der Waals surface area contributed by atoms with E-state index in [1.807, 2.05) is 0 Å². The molecular weight excluding hydrogens is 290 g/mol. The van der Waals surface area contributed by atoms with Gasteiger partial charge in [0, 0.05) is 0 Å². The van der Waals surface area contributed by atoms with E-state index in [2.05, 4.69) is 9.05 Å². The molecule has 1 aromatic carbocycles. The summed E-state index contributed by atoms with van der Waals surface area (Å²) in [6.45, 7) is 0. The van der Waals surface area contributed by atoms with Gasteiger partial charge in [0.15, 0.2) is 0 Å². The Labute approximate surface area is 106 Å². The van der Waals surface area contributed by atoms with Crippen LogP contribution in [0.25, 0.3) is 0 Å². The minimum Gasteiger partial charge on any atom is -0.391 e. The number of para-hydroxylation sites is 1. The molecule has 0 spiro atoms. The summed E-state index contributed by atoms with van der Waals surface area (Å²) in [5, 5.41) is 0. The molecule has 0 bridgehead atoms. The molecule has 1 aromatic rings. The van der Waals surface area contributed by atoms with Crippen molar-refractivity contribution in [1.29, 1.82) is 0 Å². The average molecular weight is 295 g/mol. The molecule has 5 nitrogen and oxygen atoms in total. The van der Waals surface area contributed by atoms with Crippen molar-refractivity contribution < 1.29 is 22.9 Å². The summed E-state index contributed by atoms with van der Waals surface area (Å²) in [7, 11) is -4.05. The SMILES string of the molecule is O=C1OP(=O)(OC=C(Cl)Cl)Oc2ccccc21. The largest absolute Gasteiger partial charge is 0.649 e. The van der Waals surface area contributed by atoms with Gasteiger partial charge < -0.3 is 13.6 Å². The third-order valence-corrected chi connectivity index (χ3v) is 3.13. The first-order valence-electron chi connectivity index (χ1n) is 4.32. The number of hydrogen-bond acceptors (Lipinski definition) is 5. The van der Waals surface area contributed by atoms with Gasteiger partial charge in [-0.05, 0) is 12.1 Å². The molecule has 90 valence electrons. The summed E-state index contributed by atoms with van der Waals surface area (Å²) >= 11 is 10.6. The van der Waals surface area contributed by atoms with Gasteiger partial charge >= 0.3 is 13.8 Å². The zero-order chi connectivity index (χ0) is 12.5. The second kappa shape index (κ2) is 4.61. The first kappa shape index (κ1) is 12.3. The number of benzene rings is 1. The summed E-state index contributed by atoms with van der Waals surface area (Å²) in [5.74, 6) is -0.680. The van der Waals surface area contributed by atoms with Crippen molar-refractivity contribution in [2.45, 2.75) is 0 Å². The molecule has 0 aliphatic carbocycles. The molecule has 17 heavy (non-hydrogen) atoms. The fourth-order valence-corrected chi connectivity index (χ4v) is 2.42. The highest BCUT2D eigenvalue weighted by molar-refractivity contribution is 7.49. The number of phosphoric ester groups is 1. The van der Waals surface area contributed by atoms with Gasteiger partial charge in [0.25, 0.3) is 0 Å². The number of phosphoric acid groups is 1. The van der Waals surface area contributed by atoms with Crippen molar-refractivity contribution in [3.8, 4) is 5.75 Å². The van der Waals surface area contributed by atoms with Crippen LogP contribution in [0.2, 0.25) is 0 Å². The third-order valence-electron chi connectivity index (χ3n) is 1.78. The normalized spacial score (nSPS) is 21.9. The summed E-state index contributed by atoms with van der Waals surface area (Å²) in [5.41, 5.74) is 0.170. The third kappa shape index (κ3) is 2.75. The van der Waals surface area contributed by atoms with Gasteiger partial charge in [-0.1, -0.05) is 35.3 Å². The monoisotopic (exact) mass is 294 g/mol. The van der Waals surface area contributed by atoms with Gasteiger partial charge in [0.05, 0.1) is 0 Å². The van der Waals surface area contributed by atoms with Crippen LogP contribution < -0.4 is 4.52 Å². The lowest BCUT2D eigenvalue weighted by Crippen LogP contribution is -2.15. The standard InChI is InChI=1S/C9H5Cl2O5P/c10-8(11)5-14-17(13)15-7-4-2-1-3-6(7)9(12)16-17/h1-5H. The quantitative estimate of drug-likeness (QED) is 0.615. The Hall–Kier alpha value is -1.16. The Morgan fingerprint density at radius 3 is 2.71 bits per heavy atom. The number of halogens is 2. The Morgan fingerprint density at radius 1 is 1.29 bits per heavy atom. The molecule has 2 rings (SSSR count). The maximum absolute atomic E-state index is 11.9. The van der Waals surface area contributed by atoms with E-state index < -0.39 is 13.8 Å². The zero-order valence-electron chi connectivity index (χ0n) is 8.13. The Kier molecular flexibility index (Phi) is 3.33. The molecular formula is C9H5Cl2O5P. The molecule has 0 radical (unpaired) electrons. The van der Waals surface area contributed by atoms with Crippen molar-refractivity contribution in [3.05, 3.63) is 40.6 Å². The molecule has 1 unspecified atom stereocenters. The summed E-state index contributed by atoms with van der Waals surface area (Å²) in [6, 6.07) is 6.19. The van der Waals surface area contributed by atoms with Gasteiger partial charge in [-0.15, -0.1) is 0 Å². The lowest BCUT2D eigenvalue weighted by molar-refractivity contribution is 0.0646. The van der Waals surface area contributed by atoms with E-state index in [0.29, 0.717) is 0 Å². The van der Waals surface area contributed by atoms with Gasteiger partial charge in [-0.2, -0.15) is 4.57 Å². The van der Waals surface area contributed by atoms with Crippen LogP contribution in [0.3, 0.4) is 0 Å². The second-order valence-corrected chi connectivity index (χ2v) is 5.40. The number of fused-ring (bicyclic) bond motifs is 1. The van der Waals surface area contributed by atoms with Crippen LogP contribution in [-0.2, 0) is 13.6 Å². The van der Waals surface area contributed by atoms with Crippen molar-refractivity contribution in [3.63, 3.8) is 0 Å². The Morgan fingerprint density at radius 2 is 2.00 bits per heavy atom. The number of rotatable bonds is 2. The average Bonchev–Trinajstić information content (AvgIpc) is 2.26. The highest BCUT2D eigenvalue weighted by atomic mass is 35.5. The molecule has 0 amide bonds. The van der Waals surface area contributed by atoms with E-state index in [1.165, 1.54) is 12.1 Å². The molecule has 8 heteroatoms. The Bertz CT molecular complexity index is 538. The van der Waals surface area contributed by atoms with Crippen molar-refractivity contribution >= 4 is 37.0 Å². The highest BCUT2D eigenvalue weighted by Gasteiger charge is 2.40. The van der Waals surface area contributed by atoms with Crippen LogP contribution in [0.5, 0.6) is 5.75 Å². The van der Waals surface area contributed by atoms with E-state index in [-0.39, 0.29) is 15.8 Å². The molecule has 0 fully saturated rings. The summed E-state index contributed by atoms with van der Waals surface area (Å²) in [4.78, 5) is 11.5. The van der Waals surface area contributed by atoms with Gasteiger partial charge in [0.1, 0.15) is 22.1 Å². The molecule has 0 saturated carbocycles.